The number of rotatable bonds is 6. The smallest absolute Gasteiger partial charge is 0.150 e. The molecule has 4 nitrogen and oxygen atoms in total. The zero-order valence-corrected chi connectivity index (χ0v) is 11.9. The predicted molar refractivity (Wildman–Crippen MR) is 71.8 cm³/mol. The van der Waals surface area contributed by atoms with Crippen LogP contribution in [0.4, 0.5) is 0 Å². The molecule has 17 heavy (non-hydrogen) atoms. The first-order valence-electron chi connectivity index (χ1n) is 6.61. The molecule has 5 heteroatoms. The number of hydrogen-bond donors (Lipinski definition) is 1. The van der Waals surface area contributed by atoms with Gasteiger partial charge in [0.15, 0.2) is 0 Å². The molecule has 0 aromatic rings. The van der Waals surface area contributed by atoms with E-state index < -0.39 is 9.84 Å². The van der Waals surface area contributed by atoms with Gasteiger partial charge in [0.25, 0.3) is 0 Å². The quantitative estimate of drug-likeness (QED) is 0.776. The van der Waals surface area contributed by atoms with Crippen molar-refractivity contribution in [2.75, 3.05) is 25.1 Å². The van der Waals surface area contributed by atoms with Gasteiger partial charge >= 0.3 is 0 Å². The molecule has 2 N–H and O–H groups in total. The summed E-state index contributed by atoms with van der Waals surface area (Å²) in [6.45, 7) is 2.58. The minimum absolute atomic E-state index is 0.259. The molecule has 0 atom stereocenters. The largest absolute Gasteiger partial charge is 0.328 e. The Balaban J connectivity index is 2.23. The summed E-state index contributed by atoms with van der Waals surface area (Å²) >= 11 is 0. The maximum Gasteiger partial charge on any atom is 0.150 e. The van der Waals surface area contributed by atoms with Gasteiger partial charge in [-0.05, 0) is 45.7 Å². The average molecular weight is 262 g/mol. The Morgan fingerprint density at radius 1 is 1.24 bits per heavy atom. The molecule has 0 radical (unpaired) electrons. The third kappa shape index (κ3) is 5.36. The third-order valence-electron chi connectivity index (χ3n) is 3.77. The monoisotopic (exact) mass is 262 g/mol. The van der Waals surface area contributed by atoms with Crippen LogP contribution in [0.5, 0.6) is 0 Å². The zero-order valence-electron chi connectivity index (χ0n) is 11.1. The third-order valence-corrected chi connectivity index (χ3v) is 5.56. The second-order valence-corrected chi connectivity index (χ2v) is 7.61. The highest BCUT2D eigenvalue weighted by atomic mass is 32.2. The summed E-state index contributed by atoms with van der Waals surface area (Å²) in [4.78, 5) is 2.30. The normalized spacial score (nSPS) is 26.4. The lowest BCUT2D eigenvalue weighted by Crippen LogP contribution is -2.39. The highest BCUT2D eigenvalue weighted by Crippen LogP contribution is 2.21. The Labute approximate surface area is 105 Å². The molecule has 1 aliphatic carbocycles. The van der Waals surface area contributed by atoms with Gasteiger partial charge < -0.3 is 10.6 Å². The van der Waals surface area contributed by atoms with Crippen molar-refractivity contribution in [3.63, 3.8) is 0 Å². The summed E-state index contributed by atoms with van der Waals surface area (Å²) < 4.78 is 22.7. The summed E-state index contributed by atoms with van der Waals surface area (Å²) in [7, 11) is -0.704. The van der Waals surface area contributed by atoms with Crippen LogP contribution in [0, 0.1) is 0 Å². The first kappa shape index (κ1) is 14.9. The van der Waals surface area contributed by atoms with Crippen molar-refractivity contribution < 1.29 is 8.42 Å². The van der Waals surface area contributed by atoms with Crippen LogP contribution in [0.25, 0.3) is 0 Å². The molecule has 1 rings (SSSR count). The van der Waals surface area contributed by atoms with Gasteiger partial charge in [-0.1, -0.05) is 6.92 Å². The van der Waals surface area contributed by atoms with Gasteiger partial charge in [0.2, 0.25) is 0 Å². The fourth-order valence-corrected chi connectivity index (χ4v) is 3.26. The molecule has 0 unspecified atom stereocenters. The lowest BCUT2D eigenvalue weighted by atomic mass is 9.91. The van der Waals surface area contributed by atoms with E-state index in [1.807, 2.05) is 0 Å². The van der Waals surface area contributed by atoms with Crippen molar-refractivity contribution in [1.29, 1.82) is 0 Å². The van der Waals surface area contributed by atoms with Crippen molar-refractivity contribution in [3.8, 4) is 0 Å². The molecular weight excluding hydrogens is 236 g/mol. The molecule has 0 spiro atoms. The fraction of sp³-hybridized carbons (Fsp3) is 1.00. The van der Waals surface area contributed by atoms with Gasteiger partial charge in [-0.3, -0.25) is 0 Å². The molecule has 0 aromatic carbocycles. The Morgan fingerprint density at radius 2 is 1.82 bits per heavy atom. The SMILES string of the molecule is CCS(=O)(=O)CCCN(C)C1CCC(N)CC1. The number of hydrogen-bond acceptors (Lipinski definition) is 4. The standard InChI is InChI=1S/C12H26N2O2S/c1-3-17(15,16)10-4-9-14(2)12-7-5-11(13)6-8-12/h11-12H,3-10,13H2,1-2H3. The van der Waals surface area contributed by atoms with Crippen LogP contribution in [0.15, 0.2) is 0 Å². The van der Waals surface area contributed by atoms with Crippen molar-refractivity contribution in [3.05, 3.63) is 0 Å². The lowest BCUT2D eigenvalue weighted by Gasteiger charge is -2.33. The molecule has 1 saturated carbocycles. The number of nitrogens with zero attached hydrogens (tertiary/aromatic N) is 1. The van der Waals surface area contributed by atoms with E-state index >= 15 is 0 Å². The fourth-order valence-electron chi connectivity index (χ4n) is 2.40. The van der Waals surface area contributed by atoms with Crippen LogP contribution in [0.2, 0.25) is 0 Å². The Morgan fingerprint density at radius 3 is 2.35 bits per heavy atom. The van der Waals surface area contributed by atoms with Crippen LogP contribution >= 0.6 is 0 Å². The van der Waals surface area contributed by atoms with E-state index in [-0.39, 0.29) is 5.75 Å². The molecule has 0 heterocycles. The first-order valence-corrected chi connectivity index (χ1v) is 8.43. The Bertz CT molecular complexity index is 308. The summed E-state index contributed by atoms with van der Waals surface area (Å²) in [5.74, 6) is 0.578. The minimum atomic E-state index is -2.80. The molecule has 0 aromatic heterocycles. The van der Waals surface area contributed by atoms with Crippen LogP contribution in [-0.4, -0.2) is 50.5 Å². The molecular formula is C12H26N2O2S. The van der Waals surface area contributed by atoms with E-state index in [4.69, 9.17) is 5.73 Å². The van der Waals surface area contributed by atoms with E-state index in [1.54, 1.807) is 6.92 Å². The second kappa shape index (κ2) is 6.71. The molecule has 0 amide bonds. The summed E-state index contributed by atoms with van der Waals surface area (Å²) in [5, 5.41) is 0. The molecule has 1 aliphatic rings. The summed E-state index contributed by atoms with van der Waals surface area (Å²) in [5.41, 5.74) is 5.87. The van der Waals surface area contributed by atoms with Crippen LogP contribution in [-0.2, 0) is 9.84 Å². The molecule has 0 bridgehead atoms. The van der Waals surface area contributed by atoms with Crippen molar-refractivity contribution >= 4 is 9.84 Å². The summed E-state index contributed by atoms with van der Waals surface area (Å²) in [6.07, 6.45) is 5.25. The van der Waals surface area contributed by atoms with E-state index in [0.717, 1.165) is 38.6 Å². The van der Waals surface area contributed by atoms with E-state index in [1.165, 1.54) is 0 Å². The zero-order chi connectivity index (χ0) is 12.9. The van der Waals surface area contributed by atoms with Gasteiger partial charge in [0.1, 0.15) is 9.84 Å². The van der Waals surface area contributed by atoms with Crippen molar-refractivity contribution in [2.45, 2.75) is 51.1 Å². The van der Waals surface area contributed by atoms with E-state index in [0.29, 0.717) is 17.8 Å². The average Bonchev–Trinajstić information content (AvgIpc) is 2.29. The van der Waals surface area contributed by atoms with Gasteiger partial charge in [0.05, 0.1) is 5.75 Å². The van der Waals surface area contributed by atoms with Crippen LogP contribution < -0.4 is 5.73 Å². The maximum absolute atomic E-state index is 11.4. The molecule has 102 valence electrons. The van der Waals surface area contributed by atoms with Gasteiger partial charge in [-0.15, -0.1) is 0 Å². The van der Waals surface area contributed by atoms with Gasteiger partial charge in [-0.2, -0.15) is 0 Å². The predicted octanol–water partition coefficient (Wildman–Crippen LogP) is 1.01. The number of nitrogens with two attached hydrogens (primary N) is 1. The van der Waals surface area contributed by atoms with E-state index in [2.05, 4.69) is 11.9 Å². The minimum Gasteiger partial charge on any atom is -0.328 e. The Hall–Kier alpha value is -0.130. The highest BCUT2D eigenvalue weighted by molar-refractivity contribution is 7.91. The molecule has 1 fully saturated rings. The van der Waals surface area contributed by atoms with Crippen LogP contribution in [0.1, 0.15) is 39.0 Å². The molecule has 0 saturated heterocycles. The van der Waals surface area contributed by atoms with Crippen molar-refractivity contribution in [1.82, 2.24) is 4.90 Å². The highest BCUT2D eigenvalue weighted by Gasteiger charge is 2.21. The number of sulfone groups is 1. The molecule has 0 aliphatic heterocycles. The van der Waals surface area contributed by atoms with Crippen molar-refractivity contribution in [2.24, 2.45) is 5.73 Å². The topological polar surface area (TPSA) is 63.4 Å². The van der Waals surface area contributed by atoms with Crippen LogP contribution in [0.3, 0.4) is 0 Å². The van der Waals surface area contributed by atoms with Gasteiger partial charge in [-0.25, -0.2) is 8.42 Å². The lowest BCUT2D eigenvalue weighted by molar-refractivity contribution is 0.183. The van der Waals surface area contributed by atoms with Gasteiger partial charge in [0, 0.05) is 17.8 Å². The summed E-state index contributed by atoms with van der Waals surface area (Å²) in [6, 6.07) is 0.972. The first-order chi connectivity index (χ1) is 7.94. The second-order valence-electron chi connectivity index (χ2n) is 5.14. The Kier molecular flexibility index (Phi) is 5.89. The van der Waals surface area contributed by atoms with E-state index in [9.17, 15) is 8.42 Å². The maximum atomic E-state index is 11.4.